The number of carbonyl (C=O) groups excluding carboxylic acids is 1. The lowest BCUT2D eigenvalue weighted by Crippen LogP contribution is -2.35. The van der Waals surface area contributed by atoms with Gasteiger partial charge in [0.15, 0.2) is 6.61 Å². The largest absolute Gasteiger partial charge is 0.482 e. The molecule has 0 fully saturated rings. The second-order valence-electron chi connectivity index (χ2n) is 4.10. The van der Waals surface area contributed by atoms with Gasteiger partial charge in [-0.2, -0.15) is 0 Å². The van der Waals surface area contributed by atoms with Crippen LogP contribution in [0.1, 0.15) is 5.56 Å². The highest BCUT2D eigenvalue weighted by Gasteiger charge is 2.12. The summed E-state index contributed by atoms with van der Waals surface area (Å²) in [7, 11) is 0. The molecular formula is C15H18ClNO2. The molecule has 19 heavy (non-hydrogen) atoms. The Morgan fingerprint density at radius 3 is 2.58 bits per heavy atom. The Balaban J connectivity index is 2.63. The van der Waals surface area contributed by atoms with E-state index >= 15 is 0 Å². The maximum absolute atomic E-state index is 12.0. The second-order valence-corrected chi connectivity index (χ2v) is 4.51. The van der Waals surface area contributed by atoms with Crippen molar-refractivity contribution in [1.82, 2.24) is 4.90 Å². The molecule has 0 heterocycles. The minimum Gasteiger partial charge on any atom is -0.482 e. The number of rotatable bonds is 7. The maximum Gasteiger partial charge on any atom is 0.261 e. The van der Waals surface area contributed by atoms with Crippen molar-refractivity contribution in [2.75, 3.05) is 19.7 Å². The average molecular weight is 280 g/mol. The quantitative estimate of drug-likeness (QED) is 0.717. The lowest BCUT2D eigenvalue weighted by Gasteiger charge is -2.19. The summed E-state index contributed by atoms with van der Waals surface area (Å²) in [6.07, 6.45) is 3.34. The van der Waals surface area contributed by atoms with Gasteiger partial charge in [0.1, 0.15) is 5.75 Å². The van der Waals surface area contributed by atoms with Gasteiger partial charge in [0, 0.05) is 13.1 Å². The van der Waals surface area contributed by atoms with E-state index in [0.717, 1.165) is 5.56 Å². The number of hydrogen-bond donors (Lipinski definition) is 0. The van der Waals surface area contributed by atoms with Gasteiger partial charge < -0.3 is 9.64 Å². The Hall–Kier alpha value is -1.74. The van der Waals surface area contributed by atoms with Gasteiger partial charge in [-0.3, -0.25) is 4.79 Å². The van der Waals surface area contributed by atoms with Crippen molar-refractivity contribution in [2.24, 2.45) is 0 Å². The fourth-order valence-corrected chi connectivity index (χ4v) is 1.71. The van der Waals surface area contributed by atoms with E-state index in [1.807, 2.05) is 13.0 Å². The van der Waals surface area contributed by atoms with Crippen LogP contribution < -0.4 is 4.74 Å². The summed E-state index contributed by atoms with van der Waals surface area (Å²) in [5, 5.41) is 0.498. The molecule has 0 bridgehead atoms. The maximum atomic E-state index is 12.0. The molecule has 0 spiro atoms. The zero-order valence-electron chi connectivity index (χ0n) is 11.1. The third kappa shape index (κ3) is 4.79. The predicted octanol–water partition coefficient (Wildman–Crippen LogP) is 3.23. The fourth-order valence-electron chi connectivity index (χ4n) is 1.54. The van der Waals surface area contributed by atoms with E-state index in [0.29, 0.717) is 23.9 Å². The minimum atomic E-state index is -0.127. The van der Waals surface area contributed by atoms with Crippen LogP contribution in [0.3, 0.4) is 0 Å². The zero-order chi connectivity index (χ0) is 14.3. The SMILES string of the molecule is C=CCN(CC=C)C(=O)COc1cc(C)ccc1Cl. The van der Waals surface area contributed by atoms with E-state index in [2.05, 4.69) is 13.2 Å². The van der Waals surface area contributed by atoms with Crippen LogP contribution in [0.4, 0.5) is 0 Å². The molecule has 0 aromatic heterocycles. The first kappa shape index (κ1) is 15.3. The lowest BCUT2D eigenvalue weighted by atomic mass is 10.2. The Labute approximate surface area is 119 Å². The van der Waals surface area contributed by atoms with Crippen LogP contribution in [0, 0.1) is 6.92 Å². The average Bonchev–Trinajstić information content (AvgIpc) is 2.39. The van der Waals surface area contributed by atoms with Crippen molar-refractivity contribution in [2.45, 2.75) is 6.92 Å². The third-order valence-electron chi connectivity index (χ3n) is 2.49. The number of aryl methyl sites for hydroxylation is 1. The van der Waals surface area contributed by atoms with Gasteiger partial charge in [0.05, 0.1) is 5.02 Å². The van der Waals surface area contributed by atoms with Crippen LogP contribution >= 0.6 is 11.6 Å². The number of nitrogens with zero attached hydrogens (tertiary/aromatic N) is 1. The molecule has 0 atom stereocenters. The van der Waals surface area contributed by atoms with Gasteiger partial charge in [-0.1, -0.05) is 29.8 Å². The van der Waals surface area contributed by atoms with Gasteiger partial charge in [0.25, 0.3) is 5.91 Å². The van der Waals surface area contributed by atoms with Gasteiger partial charge >= 0.3 is 0 Å². The number of amides is 1. The third-order valence-corrected chi connectivity index (χ3v) is 2.80. The normalized spacial score (nSPS) is 9.79. The van der Waals surface area contributed by atoms with Crippen molar-refractivity contribution >= 4 is 17.5 Å². The van der Waals surface area contributed by atoms with Crippen molar-refractivity contribution in [3.05, 3.63) is 54.1 Å². The van der Waals surface area contributed by atoms with Crippen LogP contribution in [0.2, 0.25) is 5.02 Å². The van der Waals surface area contributed by atoms with E-state index in [4.69, 9.17) is 16.3 Å². The predicted molar refractivity (Wildman–Crippen MR) is 78.7 cm³/mol. The van der Waals surface area contributed by atoms with E-state index in [1.54, 1.807) is 29.2 Å². The standard InChI is InChI=1S/C15H18ClNO2/c1-4-8-17(9-5-2)15(18)11-19-14-10-12(3)6-7-13(14)16/h4-7,10H,1-2,8-9,11H2,3H3. The Kier molecular flexibility index (Phi) is 6.16. The summed E-state index contributed by atoms with van der Waals surface area (Å²) in [5.74, 6) is 0.393. The van der Waals surface area contributed by atoms with Gasteiger partial charge in [-0.05, 0) is 24.6 Å². The number of ether oxygens (including phenoxy) is 1. The van der Waals surface area contributed by atoms with Crippen LogP contribution in [-0.4, -0.2) is 30.5 Å². The number of benzene rings is 1. The van der Waals surface area contributed by atoms with Crippen LogP contribution in [0.15, 0.2) is 43.5 Å². The lowest BCUT2D eigenvalue weighted by molar-refractivity contribution is -0.132. The smallest absolute Gasteiger partial charge is 0.261 e. The highest BCUT2D eigenvalue weighted by Crippen LogP contribution is 2.25. The molecule has 0 N–H and O–H groups in total. The molecule has 0 saturated carbocycles. The van der Waals surface area contributed by atoms with Gasteiger partial charge in [-0.15, -0.1) is 13.2 Å². The first-order valence-electron chi connectivity index (χ1n) is 5.97. The monoisotopic (exact) mass is 279 g/mol. The summed E-state index contributed by atoms with van der Waals surface area (Å²) in [6, 6.07) is 5.45. The molecule has 0 saturated heterocycles. The number of halogens is 1. The number of carbonyl (C=O) groups is 1. The van der Waals surface area contributed by atoms with Crippen molar-refractivity contribution in [3.8, 4) is 5.75 Å². The Morgan fingerprint density at radius 2 is 2.00 bits per heavy atom. The topological polar surface area (TPSA) is 29.5 Å². The Bertz CT molecular complexity index is 461. The molecule has 0 aliphatic heterocycles. The van der Waals surface area contributed by atoms with E-state index < -0.39 is 0 Å². The first-order chi connectivity index (χ1) is 9.08. The molecule has 102 valence electrons. The molecule has 0 unspecified atom stereocenters. The van der Waals surface area contributed by atoms with Crippen LogP contribution in [0.25, 0.3) is 0 Å². The molecule has 3 nitrogen and oxygen atoms in total. The molecule has 1 amide bonds. The molecule has 1 aromatic carbocycles. The molecular weight excluding hydrogens is 262 g/mol. The zero-order valence-corrected chi connectivity index (χ0v) is 11.8. The molecule has 0 aliphatic carbocycles. The van der Waals surface area contributed by atoms with Crippen LogP contribution in [-0.2, 0) is 4.79 Å². The van der Waals surface area contributed by atoms with Crippen molar-refractivity contribution in [1.29, 1.82) is 0 Å². The highest BCUT2D eigenvalue weighted by atomic mass is 35.5. The highest BCUT2D eigenvalue weighted by molar-refractivity contribution is 6.32. The summed E-state index contributed by atoms with van der Waals surface area (Å²) in [6.45, 7) is 10.1. The molecule has 0 radical (unpaired) electrons. The summed E-state index contributed by atoms with van der Waals surface area (Å²) < 4.78 is 5.46. The molecule has 1 rings (SSSR count). The van der Waals surface area contributed by atoms with E-state index in [9.17, 15) is 4.79 Å². The minimum absolute atomic E-state index is 0.0507. The Morgan fingerprint density at radius 1 is 1.37 bits per heavy atom. The summed E-state index contributed by atoms with van der Waals surface area (Å²) in [5.41, 5.74) is 1.03. The number of hydrogen-bond acceptors (Lipinski definition) is 2. The van der Waals surface area contributed by atoms with E-state index in [-0.39, 0.29) is 12.5 Å². The summed E-state index contributed by atoms with van der Waals surface area (Å²) >= 11 is 6.00. The van der Waals surface area contributed by atoms with Gasteiger partial charge in [-0.25, -0.2) is 0 Å². The fraction of sp³-hybridized carbons (Fsp3) is 0.267. The molecule has 1 aromatic rings. The van der Waals surface area contributed by atoms with Crippen molar-refractivity contribution in [3.63, 3.8) is 0 Å². The van der Waals surface area contributed by atoms with E-state index in [1.165, 1.54) is 0 Å². The first-order valence-corrected chi connectivity index (χ1v) is 6.34. The molecule has 4 heteroatoms. The second kappa shape index (κ2) is 7.64. The van der Waals surface area contributed by atoms with Crippen LogP contribution in [0.5, 0.6) is 5.75 Å². The molecule has 0 aliphatic rings. The summed E-state index contributed by atoms with van der Waals surface area (Å²) in [4.78, 5) is 13.6. The van der Waals surface area contributed by atoms with Gasteiger partial charge in [0.2, 0.25) is 0 Å². The van der Waals surface area contributed by atoms with Crippen molar-refractivity contribution < 1.29 is 9.53 Å².